The molecule has 1 amide bonds. The van der Waals surface area contributed by atoms with Crippen LogP contribution < -0.4 is 9.46 Å². The lowest BCUT2D eigenvalue weighted by molar-refractivity contribution is 0.0981. The van der Waals surface area contributed by atoms with Gasteiger partial charge in [0.1, 0.15) is 12.4 Å². The van der Waals surface area contributed by atoms with Crippen LogP contribution in [0.1, 0.15) is 36.8 Å². The summed E-state index contributed by atoms with van der Waals surface area (Å²) in [5.74, 6) is -0.192. The summed E-state index contributed by atoms with van der Waals surface area (Å²) < 4.78 is 31.6. The molecule has 0 saturated carbocycles. The minimum atomic E-state index is -3.67. The lowest BCUT2D eigenvalue weighted by Gasteiger charge is -2.18. The third-order valence-corrected chi connectivity index (χ3v) is 5.24. The monoisotopic (exact) mass is 368 g/mol. The van der Waals surface area contributed by atoms with Crippen molar-refractivity contribution in [3.63, 3.8) is 0 Å². The number of hydrogen-bond acceptors (Lipinski definition) is 6. The number of nitrogens with zero attached hydrogens (tertiary/aromatic N) is 1. The number of aromatic nitrogens is 1. The molecule has 8 heteroatoms. The van der Waals surface area contributed by atoms with Gasteiger partial charge in [-0.3, -0.25) is 4.79 Å². The third-order valence-electron chi connectivity index (χ3n) is 2.86. The Bertz CT molecular complexity index is 776. The molecule has 6 nitrogen and oxygen atoms in total. The Morgan fingerprint density at radius 1 is 1.25 bits per heavy atom. The molecule has 0 spiro atoms. The van der Waals surface area contributed by atoms with Crippen molar-refractivity contribution in [2.45, 2.75) is 27.4 Å². The van der Waals surface area contributed by atoms with Crippen molar-refractivity contribution in [2.75, 3.05) is 5.75 Å². The zero-order valence-corrected chi connectivity index (χ0v) is 15.4. The van der Waals surface area contributed by atoms with Gasteiger partial charge in [0.15, 0.2) is 0 Å². The number of carbonyl (C=O) groups is 1. The van der Waals surface area contributed by atoms with E-state index in [-0.39, 0.29) is 11.3 Å². The Hall–Kier alpha value is -1.93. The van der Waals surface area contributed by atoms with E-state index in [1.54, 1.807) is 38.4 Å². The van der Waals surface area contributed by atoms with E-state index in [1.807, 2.05) is 5.38 Å². The standard InChI is InChI=1S/C16H20N2O4S2/c1-16(2,3)10-24(20,21)18-15(19)12-4-6-14(7-5-12)22-8-13-9-23-11-17-13/h4-7,9,11H,8,10H2,1-3H3,(H,18,19). The van der Waals surface area contributed by atoms with Crippen LogP contribution in [-0.4, -0.2) is 25.1 Å². The fourth-order valence-corrected chi connectivity index (χ4v) is 4.13. The molecule has 1 N–H and O–H groups in total. The van der Waals surface area contributed by atoms with Crippen molar-refractivity contribution >= 4 is 27.3 Å². The summed E-state index contributed by atoms with van der Waals surface area (Å²) in [7, 11) is -3.67. The Balaban J connectivity index is 1.95. The number of rotatable bonds is 6. The van der Waals surface area contributed by atoms with Gasteiger partial charge in [0.2, 0.25) is 10.0 Å². The molecule has 0 unspecified atom stereocenters. The van der Waals surface area contributed by atoms with E-state index in [9.17, 15) is 13.2 Å². The number of carbonyl (C=O) groups excluding carboxylic acids is 1. The first-order valence-electron chi connectivity index (χ1n) is 7.29. The summed E-state index contributed by atoms with van der Waals surface area (Å²) in [4.78, 5) is 16.2. The number of nitrogens with one attached hydrogen (secondary N) is 1. The number of sulfonamides is 1. The van der Waals surface area contributed by atoms with E-state index in [0.29, 0.717) is 12.4 Å². The molecule has 0 bridgehead atoms. The maximum atomic E-state index is 12.1. The summed E-state index contributed by atoms with van der Waals surface area (Å²) in [5, 5.41) is 1.89. The van der Waals surface area contributed by atoms with E-state index < -0.39 is 21.3 Å². The quantitative estimate of drug-likeness (QED) is 0.847. The molecular weight excluding hydrogens is 348 g/mol. The van der Waals surface area contributed by atoms with Crippen molar-refractivity contribution in [1.29, 1.82) is 0 Å². The average Bonchev–Trinajstić information content (AvgIpc) is 2.95. The van der Waals surface area contributed by atoms with Crippen molar-refractivity contribution in [3.05, 3.63) is 46.4 Å². The first-order valence-corrected chi connectivity index (χ1v) is 9.89. The summed E-state index contributed by atoms with van der Waals surface area (Å²) in [6.45, 7) is 5.73. The van der Waals surface area contributed by atoms with Gasteiger partial charge in [-0.05, 0) is 29.7 Å². The van der Waals surface area contributed by atoms with E-state index in [0.717, 1.165) is 5.69 Å². The highest BCUT2D eigenvalue weighted by Crippen LogP contribution is 2.17. The van der Waals surface area contributed by atoms with Gasteiger partial charge in [-0.2, -0.15) is 0 Å². The molecule has 24 heavy (non-hydrogen) atoms. The Labute approximate surface area is 145 Å². The highest BCUT2D eigenvalue weighted by atomic mass is 32.2. The first kappa shape index (κ1) is 18.4. The van der Waals surface area contributed by atoms with Crippen LogP contribution in [0.4, 0.5) is 0 Å². The zero-order valence-electron chi connectivity index (χ0n) is 13.8. The Morgan fingerprint density at radius 2 is 1.92 bits per heavy atom. The van der Waals surface area contributed by atoms with Gasteiger partial charge in [-0.1, -0.05) is 20.8 Å². The summed E-state index contributed by atoms with van der Waals surface area (Å²) >= 11 is 1.49. The number of thiazole rings is 1. The van der Waals surface area contributed by atoms with Crippen molar-refractivity contribution in [2.24, 2.45) is 5.41 Å². The Morgan fingerprint density at radius 3 is 2.46 bits per heavy atom. The maximum Gasteiger partial charge on any atom is 0.264 e. The Kier molecular flexibility index (Phi) is 5.61. The largest absolute Gasteiger partial charge is 0.487 e. The third kappa shape index (κ3) is 5.93. The molecule has 0 aliphatic carbocycles. The fourth-order valence-electron chi connectivity index (χ4n) is 1.97. The smallest absolute Gasteiger partial charge is 0.264 e. The van der Waals surface area contributed by atoms with Gasteiger partial charge in [-0.15, -0.1) is 11.3 Å². The van der Waals surface area contributed by atoms with Crippen molar-refractivity contribution in [1.82, 2.24) is 9.71 Å². The summed E-state index contributed by atoms with van der Waals surface area (Å²) in [6.07, 6.45) is 0. The van der Waals surface area contributed by atoms with Crippen molar-refractivity contribution < 1.29 is 17.9 Å². The van der Waals surface area contributed by atoms with Gasteiger partial charge in [0.25, 0.3) is 5.91 Å². The number of amides is 1. The second-order valence-corrected chi connectivity index (χ2v) is 8.98. The number of hydrogen-bond donors (Lipinski definition) is 1. The van der Waals surface area contributed by atoms with E-state index in [4.69, 9.17) is 4.74 Å². The normalized spacial score (nSPS) is 12.0. The number of benzene rings is 1. The lowest BCUT2D eigenvalue weighted by atomic mass is 10.0. The summed E-state index contributed by atoms with van der Waals surface area (Å²) in [6, 6.07) is 6.30. The SMILES string of the molecule is CC(C)(C)CS(=O)(=O)NC(=O)c1ccc(OCc2cscn2)cc1. The topological polar surface area (TPSA) is 85.4 Å². The maximum absolute atomic E-state index is 12.1. The van der Waals surface area contributed by atoms with Crippen LogP contribution in [0.2, 0.25) is 0 Å². The van der Waals surface area contributed by atoms with Gasteiger partial charge < -0.3 is 4.74 Å². The number of ether oxygens (including phenoxy) is 1. The molecule has 1 aromatic carbocycles. The van der Waals surface area contributed by atoms with Gasteiger partial charge in [0.05, 0.1) is 17.0 Å². The van der Waals surface area contributed by atoms with Crippen LogP contribution >= 0.6 is 11.3 Å². The van der Waals surface area contributed by atoms with Crippen LogP contribution in [0.15, 0.2) is 35.2 Å². The van der Waals surface area contributed by atoms with Gasteiger partial charge >= 0.3 is 0 Å². The predicted octanol–water partition coefficient (Wildman–Crippen LogP) is 2.83. The second-order valence-electron chi connectivity index (χ2n) is 6.54. The lowest BCUT2D eigenvalue weighted by Crippen LogP contribution is -2.36. The molecule has 1 heterocycles. The minimum absolute atomic E-state index is 0.124. The molecule has 0 aliphatic heterocycles. The van der Waals surface area contributed by atoms with E-state index in [1.165, 1.54) is 23.5 Å². The highest BCUT2D eigenvalue weighted by molar-refractivity contribution is 7.90. The molecule has 0 atom stereocenters. The van der Waals surface area contributed by atoms with Crippen LogP contribution in [0.25, 0.3) is 0 Å². The molecule has 2 rings (SSSR count). The van der Waals surface area contributed by atoms with Crippen molar-refractivity contribution in [3.8, 4) is 5.75 Å². The molecule has 0 aliphatic rings. The van der Waals surface area contributed by atoms with Crippen LogP contribution in [0, 0.1) is 5.41 Å². The predicted molar refractivity (Wildman–Crippen MR) is 93.6 cm³/mol. The van der Waals surface area contributed by atoms with Gasteiger partial charge in [0, 0.05) is 10.9 Å². The second kappa shape index (κ2) is 7.31. The molecule has 2 aromatic rings. The average molecular weight is 368 g/mol. The van der Waals surface area contributed by atoms with Crippen LogP contribution in [0.3, 0.4) is 0 Å². The van der Waals surface area contributed by atoms with Crippen LogP contribution in [0.5, 0.6) is 5.75 Å². The molecule has 130 valence electrons. The highest BCUT2D eigenvalue weighted by Gasteiger charge is 2.23. The van der Waals surface area contributed by atoms with Crippen LogP contribution in [-0.2, 0) is 16.6 Å². The molecule has 1 aromatic heterocycles. The molecule has 0 radical (unpaired) electrons. The molecule has 0 saturated heterocycles. The van der Waals surface area contributed by atoms with Gasteiger partial charge in [-0.25, -0.2) is 18.1 Å². The fraction of sp³-hybridized carbons (Fsp3) is 0.375. The summed E-state index contributed by atoms with van der Waals surface area (Å²) in [5.41, 5.74) is 2.38. The zero-order chi connectivity index (χ0) is 17.8. The van der Waals surface area contributed by atoms with E-state index >= 15 is 0 Å². The first-order chi connectivity index (χ1) is 11.1. The molecule has 0 fully saturated rings. The minimum Gasteiger partial charge on any atom is -0.487 e. The van der Waals surface area contributed by atoms with E-state index in [2.05, 4.69) is 9.71 Å². The molecular formula is C16H20N2O4S2.